The molecule has 0 radical (unpaired) electrons. The summed E-state index contributed by atoms with van der Waals surface area (Å²) in [4.78, 5) is 6.78. The van der Waals surface area contributed by atoms with Crippen molar-refractivity contribution in [3.8, 4) is 5.88 Å². The number of fused-ring (bicyclic) bond motifs is 1. The summed E-state index contributed by atoms with van der Waals surface area (Å²) in [6.45, 7) is 2.29. The van der Waals surface area contributed by atoms with Crippen LogP contribution in [0, 0.1) is 5.92 Å². The number of pyridine rings is 1. The third kappa shape index (κ3) is 1.89. The van der Waals surface area contributed by atoms with Gasteiger partial charge in [-0.25, -0.2) is 4.98 Å². The predicted molar refractivity (Wildman–Crippen MR) is 66.2 cm³/mol. The molecule has 1 fully saturated rings. The first-order valence-corrected chi connectivity index (χ1v) is 6.07. The minimum absolute atomic E-state index is 0.279. The lowest BCUT2D eigenvalue weighted by atomic mass is 10.0. The average molecular weight is 231 g/mol. The van der Waals surface area contributed by atoms with Gasteiger partial charge in [-0.1, -0.05) is 6.07 Å². The fourth-order valence-electron chi connectivity index (χ4n) is 2.69. The molecule has 0 aliphatic carbocycles. The highest BCUT2D eigenvalue weighted by molar-refractivity contribution is 5.48. The lowest BCUT2D eigenvalue weighted by Gasteiger charge is -2.10. The van der Waals surface area contributed by atoms with E-state index in [9.17, 15) is 5.11 Å². The number of hydrogen-bond acceptors (Lipinski definition) is 3. The van der Waals surface area contributed by atoms with Crippen LogP contribution in [0.1, 0.15) is 12.2 Å². The second-order valence-electron chi connectivity index (χ2n) is 4.94. The zero-order chi connectivity index (χ0) is 11.8. The molecule has 1 unspecified atom stereocenters. The summed E-state index contributed by atoms with van der Waals surface area (Å²) in [5, 5.41) is 9.88. The van der Waals surface area contributed by atoms with E-state index in [4.69, 9.17) is 0 Å². The van der Waals surface area contributed by atoms with E-state index in [1.54, 1.807) is 6.07 Å². The minimum Gasteiger partial charge on any atom is -0.494 e. The standard InChI is InChI=1S/C13H17N3O/c1-15-6-5-10(9-15)7-12-14-8-11-3-2-4-13(17)16(11)12/h2-4,8,10,17H,5-7,9H2,1H3. The van der Waals surface area contributed by atoms with Gasteiger partial charge in [-0.3, -0.25) is 4.40 Å². The minimum atomic E-state index is 0.279. The molecule has 1 N–H and O–H groups in total. The number of aromatic hydroxyl groups is 1. The molecule has 4 nitrogen and oxygen atoms in total. The van der Waals surface area contributed by atoms with Crippen LogP contribution in [-0.2, 0) is 6.42 Å². The number of likely N-dealkylation sites (tertiary alicyclic amines) is 1. The summed E-state index contributed by atoms with van der Waals surface area (Å²) in [7, 11) is 2.15. The zero-order valence-electron chi connectivity index (χ0n) is 10.0. The lowest BCUT2D eigenvalue weighted by molar-refractivity contribution is 0.390. The maximum atomic E-state index is 9.88. The van der Waals surface area contributed by atoms with Gasteiger partial charge in [-0.15, -0.1) is 0 Å². The van der Waals surface area contributed by atoms with E-state index in [-0.39, 0.29) is 5.88 Å². The molecule has 3 rings (SSSR count). The Hall–Kier alpha value is -1.55. The Balaban J connectivity index is 1.90. The molecule has 17 heavy (non-hydrogen) atoms. The number of hydrogen-bond donors (Lipinski definition) is 1. The van der Waals surface area contributed by atoms with Crippen LogP contribution in [-0.4, -0.2) is 39.5 Å². The van der Waals surface area contributed by atoms with Gasteiger partial charge in [0, 0.05) is 13.0 Å². The van der Waals surface area contributed by atoms with Gasteiger partial charge >= 0.3 is 0 Å². The Morgan fingerprint density at radius 1 is 1.47 bits per heavy atom. The fraction of sp³-hybridized carbons (Fsp3) is 0.462. The first kappa shape index (κ1) is 10.6. The van der Waals surface area contributed by atoms with Crippen molar-refractivity contribution in [1.82, 2.24) is 14.3 Å². The lowest BCUT2D eigenvalue weighted by Crippen LogP contribution is -2.15. The van der Waals surface area contributed by atoms with Gasteiger partial charge in [0.15, 0.2) is 5.88 Å². The van der Waals surface area contributed by atoms with E-state index >= 15 is 0 Å². The molecule has 0 amide bonds. The molecule has 0 bridgehead atoms. The molecule has 1 atom stereocenters. The van der Waals surface area contributed by atoms with E-state index < -0.39 is 0 Å². The smallest absolute Gasteiger partial charge is 0.197 e. The van der Waals surface area contributed by atoms with Crippen LogP contribution in [0.4, 0.5) is 0 Å². The van der Waals surface area contributed by atoms with Crippen LogP contribution in [0.3, 0.4) is 0 Å². The highest BCUT2D eigenvalue weighted by Crippen LogP contribution is 2.22. The second kappa shape index (κ2) is 4.04. The van der Waals surface area contributed by atoms with Crippen molar-refractivity contribution in [3.05, 3.63) is 30.2 Å². The van der Waals surface area contributed by atoms with E-state index in [0.29, 0.717) is 5.92 Å². The summed E-state index contributed by atoms with van der Waals surface area (Å²) in [5.41, 5.74) is 0.964. The van der Waals surface area contributed by atoms with Gasteiger partial charge in [-0.05, 0) is 38.1 Å². The third-order valence-corrected chi connectivity index (χ3v) is 3.56. The first-order chi connectivity index (χ1) is 8.24. The van der Waals surface area contributed by atoms with Crippen LogP contribution in [0.15, 0.2) is 24.4 Å². The van der Waals surface area contributed by atoms with Crippen molar-refractivity contribution in [1.29, 1.82) is 0 Å². The average Bonchev–Trinajstić information content (AvgIpc) is 2.88. The monoisotopic (exact) mass is 231 g/mol. The molecule has 1 saturated heterocycles. The van der Waals surface area contributed by atoms with Crippen molar-refractivity contribution in [2.24, 2.45) is 5.92 Å². The van der Waals surface area contributed by atoms with Crippen molar-refractivity contribution < 1.29 is 5.11 Å². The molecule has 0 aromatic carbocycles. The molecule has 2 aromatic rings. The van der Waals surface area contributed by atoms with Gasteiger partial charge in [0.1, 0.15) is 5.82 Å². The maximum absolute atomic E-state index is 9.88. The summed E-state index contributed by atoms with van der Waals surface area (Å²) < 4.78 is 1.85. The van der Waals surface area contributed by atoms with Crippen molar-refractivity contribution in [2.75, 3.05) is 20.1 Å². The normalized spacial score (nSPS) is 21.4. The number of imidazole rings is 1. The van der Waals surface area contributed by atoms with Crippen molar-refractivity contribution in [2.45, 2.75) is 12.8 Å². The predicted octanol–water partition coefficient (Wildman–Crippen LogP) is 1.53. The van der Waals surface area contributed by atoms with Gasteiger partial charge in [-0.2, -0.15) is 0 Å². The Labute approximate surface area is 101 Å². The molecule has 4 heteroatoms. The highest BCUT2D eigenvalue weighted by Gasteiger charge is 2.21. The molecular weight excluding hydrogens is 214 g/mol. The molecular formula is C13H17N3O. The van der Waals surface area contributed by atoms with Gasteiger partial charge in [0.25, 0.3) is 0 Å². The molecule has 1 aliphatic rings. The van der Waals surface area contributed by atoms with Crippen LogP contribution < -0.4 is 0 Å². The van der Waals surface area contributed by atoms with Crippen LogP contribution in [0.5, 0.6) is 5.88 Å². The topological polar surface area (TPSA) is 40.8 Å². The molecule has 2 aromatic heterocycles. The molecule has 3 heterocycles. The van der Waals surface area contributed by atoms with E-state index in [2.05, 4.69) is 16.9 Å². The molecule has 1 aliphatic heterocycles. The second-order valence-corrected chi connectivity index (χ2v) is 4.94. The highest BCUT2D eigenvalue weighted by atomic mass is 16.3. The SMILES string of the molecule is CN1CCC(Cc2ncc3cccc(O)n23)C1. The third-order valence-electron chi connectivity index (χ3n) is 3.56. The van der Waals surface area contributed by atoms with Gasteiger partial charge in [0.05, 0.1) is 11.7 Å². The Morgan fingerprint density at radius 2 is 2.35 bits per heavy atom. The van der Waals surface area contributed by atoms with E-state index in [1.807, 2.05) is 22.7 Å². The molecule has 0 saturated carbocycles. The summed E-state index contributed by atoms with van der Waals surface area (Å²) >= 11 is 0. The van der Waals surface area contributed by atoms with Crippen LogP contribution in [0.25, 0.3) is 5.52 Å². The van der Waals surface area contributed by atoms with Crippen LogP contribution >= 0.6 is 0 Å². The quantitative estimate of drug-likeness (QED) is 0.852. The zero-order valence-corrected chi connectivity index (χ0v) is 10.0. The van der Waals surface area contributed by atoms with E-state index in [1.165, 1.54) is 13.0 Å². The Bertz CT molecular complexity index is 534. The fourth-order valence-corrected chi connectivity index (χ4v) is 2.69. The number of nitrogens with zero attached hydrogens (tertiary/aromatic N) is 3. The number of aromatic nitrogens is 2. The van der Waals surface area contributed by atoms with Crippen LogP contribution in [0.2, 0.25) is 0 Å². The summed E-state index contributed by atoms with van der Waals surface area (Å²) in [6, 6.07) is 5.52. The maximum Gasteiger partial charge on any atom is 0.197 e. The summed E-state index contributed by atoms with van der Waals surface area (Å²) in [6.07, 6.45) is 3.99. The van der Waals surface area contributed by atoms with Crippen molar-refractivity contribution in [3.63, 3.8) is 0 Å². The van der Waals surface area contributed by atoms with E-state index in [0.717, 1.165) is 24.3 Å². The molecule has 90 valence electrons. The Kier molecular flexibility index (Phi) is 2.52. The Morgan fingerprint density at radius 3 is 3.12 bits per heavy atom. The molecule has 0 spiro atoms. The summed E-state index contributed by atoms with van der Waals surface area (Å²) in [5.74, 6) is 1.91. The van der Waals surface area contributed by atoms with Gasteiger partial charge < -0.3 is 10.0 Å². The largest absolute Gasteiger partial charge is 0.494 e. The first-order valence-electron chi connectivity index (χ1n) is 6.07. The number of rotatable bonds is 2. The van der Waals surface area contributed by atoms with Crippen molar-refractivity contribution >= 4 is 5.52 Å². The van der Waals surface area contributed by atoms with Gasteiger partial charge in [0.2, 0.25) is 0 Å².